The fraction of sp³-hybridized carbons (Fsp3) is 0.476. The SMILES string of the molecule is CCCc1nc(NC(=O)C(c2ccccc2)N2CCCCC2=O)sc1CC. The molecule has 0 aliphatic carbocycles. The van der Waals surface area contributed by atoms with Crippen molar-refractivity contribution >= 4 is 28.3 Å². The molecule has 1 unspecified atom stereocenters. The number of anilines is 1. The van der Waals surface area contributed by atoms with Crippen molar-refractivity contribution in [3.8, 4) is 0 Å². The highest BCUT2D eigenvalue weighted by atomic mass is 32.1. The van der Waals surface area contributed by atoms with Crippen LogP contribution in [0.15, 0.2) is 30.3 Å². The van der Waals surface area contributed by atoms with E-state index < -0.39 is 6.04 Å². The third-order valence-corrected chi connectivity index (χ3v) is 6.01. The number of nitrogens with one attached hydrogen (secondary N) is 1. The molecule has 1 aliphatic rings. The van der Waals surface area contributed by atoms with Crippen LogP contribution in [0.2, 0.25) is 0 Å². The molecule has 144 valence electrons. The third-order valence-electron chi connectivity index (χ3n) is 4.85. The number of nitrogens with zero attached hydrogens (tertiary/aromatic N) is 2. The largest absolute Gasteiger partial charge is 0.327 e. The molecule has 1 N–H and O–H groups in total. The van der Waals surface area contributed by atoms with Crippen molar-refractivity contribution in [1.82, 2.24) is 9.88 Å². The number of aromatic nitrogens is 1. The van der Waals surface area contributed by atoms with Gasteiger partial charge in [0.05, 0.1) is 5.69 Å². The topological polar surface area (TPSA) is 62.3 Å². The number of thiazole rings is 1. The standard InChI is InChI=1S/C21H27N3O2S/c1-3-10-16-17(4-2)27-21(22-16)23-20(26)19(15-11-6-5-7-12-15)24-14-9-8-13-18(24)25/h5-7,11-12,19H,3-4,8-10,13-14H2,1-2H3,(H,22,23,26). The number of benzene rings is 1. The number of aryl methyl sites for hydroxylation is 2. The van der Waals surface area contributed by atoms with Gasteiger partial charge in [0.15, 0.2) is 5.13 Å². The van der Waals surface area contributed by atoms with Gasteiger partial charge in [0, 0.05) is 17.8 Å². The van der Waals surface area contributed by atoms with Gasteiger partial charge in [-0.25, -0.2) is 4.98 Å². The van der Waals surface area contributed by atoms with E-state index in [1.807, 2.05) is 30.3 Å². The van der Waals surface area contributed by atoms with E-state index >= 15 is 0 Å². The number of carbonyl (C=O) groups excluding carboxylic acids is 2. The van der Waals surface area contributed by atoms with E-state index in [0.717, 1.165) is 43.4 Å². The van der Waals surface area contributed by atoms with Crippen molar-refractivity contribution in [3.63, 3.8) is 0 Å². The molecule has 1 atom stereocenters. The molecule has 27 heavy (non-hydrogen) atoms. The average Bonchev–Trinajstić information content (AvgIpc) is 3.06. The Kier molecular flexibility index (Phi) is 6.61. The highest BCUT2D eigenvalue weighted by Gasteiger charge is 2.33. The quantitative estimate of drug-likeness (QED) is 0.771. The Hall–Kier alpha value is -2.21. The first-order valence-electron chi connectivity index (χ1n) is 9.77. The van der Waals surface area contributed by atoms with Gasteiger partial charge in [0.2, 0.25) is 5.91 Å². The zero-order chi connectivity index (χ0) is 19.2. The van der Waals surface area contributed by atoms with Gasteiger partial charge in [-0.15, -0.1) is 11.3 Å². The summed E-state index contributed by atoms with van der Waals surface area (Å²) >= 11 is 1.54. The van der Waals surface area contributed by atoms with E-state index in [4.69, 9.17) is 0 Å². The number of hydrogen-bond acceptors (Lipinski definition) is 4. The molecule has 2 aromatic rings. The van der Waals surface area contributed by atoms with Crippen molar-refractivity contribution in [2.24, 2.45) is 0 Å². The van der Waals surface area contributed by atoms with Gasteiger partial charge in [0.1, 0.15) is 6.04 Å². The second-order valence-corrected chi connectivity index (χ2v) is 7.92. The summed E-state index contributed by atoms with van der Waals surface area (Å²) in [6, 6.07) is 8.94. The lowest BCUT2D eigenvalue weighted by molar-refractivity contribution is -0.141. The highest BCUT2D eigenvalue weighted by molar-refractivity contribution is 7.15. The number of likely N-dealkylation sites (tertiary alicyclic amines) is 1. The van der Waals surface area contributed by atoms with Crippen molar-refractivity contribution in [2.45, 2.75) is 58.4 Å². The van der Waals surface area contributed by atoms with E-state index in [-0.39, 0.29) is 11.8 Å². The van der Waals surface area contributed by atoms with Gasteiger partial charge in [-0.1, -0.05) is 50.6 Å². The second-order valence-electron chi connectivity index (χ2n) is 6.84. The van der Waals surface area contributed by atoms with Crippen LogP contribution in [0.1, 0.15) is 61.7 Å². The molecule has 0 saturated carbocycles. The van der Waals surface area contributed by atoms with Gasteiger partial charge in [-0.05, 0) is 31.2 Å². The van der Waals surface area contributed by atoms with Crippen LogP contribution in [0.3, 0.4) is 0 Å². The fourth-order valence-corrected chi connectivity index (χ4v) is 4.48. The van der Waals surface area contributed by atoms with Crippen molar-refractivity contribution in [2.75, 3.05) is 11.9 Å². The lowest BCUT2D eigenvalue weighted by Gasteiger charge is -2.33. The summed E-state index contributed by atoms with van der Waals surface area (Å²) in [6.45, 7) is 4.85. The molecule has 5 nitrogen and oxygen atoms in total. The maximum absolute atomic E-state index is 13.2. The molecule has 1 fully saturated rings. The Bertz CT molecular complexity index is 788. The van der Waals surface area contributed by atoms with Gasteiger partial charge in [-0.3, -0.25) is 14.9 Å². The number of rotatable bonds is 7. The molecule has 0 radical (unpaired) electrons. The van der Waals surface area contributed by atoms with Crippen LogP contribution >= 0.6 is 11.3 Å². The van der Waals surface area contributed by atoms with Crippen molar-refractivity contribution in [1.29, 1.82) is 0 Å². The Morgan fingerprint density at radius 1 is 1.26 bits per heavy atom. The van der Waals surface area contributed by atoms with Crippen LogP contribution in [0.4, 0.5) is 5.13 Å². The number of hydrogen-bond donors (Lipinski definition) is 1. The number of carbonyl (C=O) groups is 2. The third kappa shape index (κ3) is 4.56. The summed E-state index contributed by atoms with van der Waals surface area (Å²) in [7, 11) is 0. The molecule has 0 spiro atoms. The minimum Gasteiger partial charge on any atom is -0.327 e. The zero-order valence-electron chi connectivity index (χ0n) is 16.0. The van der Waals surface area contributed by atoms with Gasteiger partial charge in [-0.2, -0.15) is 0 Å². The Morgan fingerprint density at radius 2 is 2.04 bits per heavy atom. The van der Waals surface area contributed by atoms with Gasteiger partial charge < -0.3 is 4.90 Å². The van der Waals surface area contributed by atoms with Crippen LogP contribution in [0.5, 0.6) is 0 Å². The minimum absolute atomic E-state index is 0.0466. The summed E-state index contributed by atoms with van der Waals surface area (Å²) in [4.78, 5) is 33.2. The van der Waals surface area contributed by atoms with Crippen LogP contribution in [0, 0.1) is 0 Å². The first-order chi connectivity index (χ1) is 13.1. The molecule has 1 aromatic heterocycles. The van der Waals surface area contributed by atoms with E-state index in [0.29, 0.717) is 18.1 Å². The maximum Gasteiger partial charge on any atom is 0.253 e. The van der Waals surface area contributed by atoms with Crippen molar-refractivity contribution < 1.29 is 9.59 Å². The molecule has 0 bridgehead atoms. The lowest BCUT2D eigenvalue weighted by Crippen LogP contribution is -2.43. The maximum atomic E-state index is 13.2. The first kappa shape index (κ1) is 19.5. The van der Waals surface area contributed by atoms with Gasteiger partial charge in [0.25, 0.3) is 5.91 Å². The molecular formula is C21H27N3O2S. The fourth-order valence-electron chi connectivity index (χ4n) is 3.53. The second kappa shape index (κ2) is 9.13. The summed E-state index contributed by atoms with van der Waals surface area (Å²) in [5, 5.41) is 3.62. The summed E-state index contributed by atoms with van der Waals surface area (Å²) in [6.07, 6.45) is 5.19. The van der Waals surface area contributed by atoms with Gasteiger partial charge >= 0.3 is 0 Å². The average molecular weight is 386 g/mol. The van der Waals surface area contributed by atoms with E-state index in [1.54, 1.807) is 16.2 Å². The molecule has 2 heterocycles. The highest BCUT2D eigenvalue weighted by Crippen LogP contribution is 2.29. The normalized spacial score (nSPS) is 15.6. The summed E-state index contributed by atoms with van der Waals surface area (Å²) < 4.78 is 0. The molecule has 3 rings (SSSR count). The van der Waals surface area contributed by atoms with Crippen LogP contribution < -0.4 is 5.32 Å². The molecule has 1 saturated heterocycles. The Morgan fingerprint density at radius 3 is 2.70 bits per heavy atom. The first-order valence-corrected chi connectivity index (χ1v) is 10.6. The molecule has 2 amide bonds. The van der Waals surface area contributed by atoms with E-state index in [2.05, 4.69) is 24.1 Å². The van der Waals surface area contributed by atoms with Crippen LogP contribution in [-0.4, -0.2) is 28.2 Å². The van der Waals surface area contributed by atoms with Crippen LogP contribution in [0.25, 0.3) is 0 Å². The van der Waals surface area contributed by atoms with E-state index in [1.165, 1.54) is 4.88 Å². The zero-order valence-corrected chi connectivity index (χ0v) is 16.8. The van der Waals surface area contributed by atoms with Crippen molar-refractivity contribution in [3.05, 3.63) is 46.5 Å². The molecule has 1 aromatic carbocycles. The van der Waals surface area contributed by atoms with E-state index in [9.17, 15) is 9.59 Å². The summed E-state index contributed by atoms with van der Waals surface area (Å²) in [5.74, 6) is -0.138. The Labute approximate surface area is 164 Å². The lowest BCUT2D eigenvalue weighted by atomic mass is 10.0. The minimum atomic E-state index is -0.609. The molecular weight excluding hydrogens is 358 g/mol. The number of amides is 2. The van der Waals surface area contributed by atoms with Crippen LogP contribution in [-0.2, 0) is 22.4 Å². The predicted octanol–water partition coefficient (Wildman–Crippen LogP) is 4.35. The molecule has 1 aliphatic heterocycles. The summed E-state index contributed by atoms with van der Waals surface area (Å²) in [5.41, 5.74) is 1.91. The monoisotopic (exact) mass is 385 g/mol. The Balaban J connectivity index is 1.86. The smallest absolute Gasteiger partial charge is 0.253 e. The number of piperidine rings is 1. The predicted molar refractivity (Wildman–Crippen MR) is 109 cm³/mol. The molecule has 6 heteroatoms.